The zero-order valence-electron chi connectivity index (χ0n) is 9.93. The molecule has 0 bridgehead atoms. The molecule has 0 aromatic rings. The van der Waals surface area contributed by atoms with E-state index in [0.717, 1.165) is 6.42 Å². The smallest absolute Gasteiger partial charge is 0.336 e. The fourth-order valence-corrected chi connectivity index (χ4v) is 3.30. The number of ether oxygens (including phenoxy) is 1. The van der Waals surface area contributed by atoms with Crippen LogP contribution in [-0.4, -0.2) is 35.2 Å². The maximum Gasteiger partial charge on any atom is 0.336 e. The first kappa shape index (κ1) is 13.9. The molecule has 2 atom stereocenters. The fraction of sp³-hybridized carbons (Fsp3) is 0.636. The molecule has 0 aromatic heterocycles. The Kier molecular flexibility index (Phi) is 4.86. The summed E-state index contributed by atoms with van der Waals surface area (Å²) >= 11 is 1.40. The van der Waals surface area contributed by atoms with Crippen molar-refractivity contribution in [3.05, 3.63) is 11.3 Å². The number of nitrogens with two attached hydrogens (primary N) is 1. The summed E-state index contributed by atoms with van der Waals surface area (Å²) in [5.41, 5.74) is 6.63. The summed E-state index contributed by atoms with van der Waals surface area (Å²) < 4.78 is 4.62. The largest absolute Gasteiger partial charge is 0.481 e. The quantitative estimate of drug-likeness (QED) is 0.716. The highest BCUT2D eigenvalue weighted by Crippen LogP contribution is 2.36. The van der Waals surface area contributed by atoms with Crippen molar-refractivity contribution in [1.29, 1.82) is 0 Å². The van der Waals surface area contributed by atoms with Crippen LogP contribution in [0.4, 0.5) is 0 Å². The first-order chi connectivity index (χ1) is 8.02. The maximum atomic E-state index is 11.4. The number of carboxylic acid groups (broad SMARTS) is 1. The predicted octanol–water partition coefficient (Wildman–Crippen LogP) is 0.989. The predicted molar refractivity (Wildman–Crippen MR) is 65.5 cm³/mol. The van der Waals surface area contributed by atoms with E-state index in [0.29, 0.717) is 23.4 Å². The van der Waals surface area contributed by atoms with Crippen LogP contribution in [0.2, 0.25) is 0 Å². The molecule has 1 aliphatic rings. The van der Waals surface area contributed by atoms with E-state index in [1.807, 2.05) is 6.92 Å². The van der Waals surface area contributed by atoms with Crippen molar-refractivity contribution in [2.75, 3.05) is 12.9 Å². The monoisotopic (exact) mass is 259 g/mol. The summed E-state index contributed by atoms with van der Waals surface area (Å²) in [6.07, 6.45) is 1.33. The molecule has 3 N–H and O–H groups in total. The molecule has 2 unspecified atom stereocenters. The summed E-state index contributed by atoms with van der Waals surface area (Å²) in [6, 6.07) is 0. The molecule has 0 fully saturated rings. The van der Waals surface area contributed by atoms with Crippen LogP contribution in [0.3, 0.4) is 0 Å². The second-order valence-electron chi connectivity index (χ2n) is 3.89. The van der Waals surface area contributed by atoms with Gasteiger partial charge >= 0.3 is 11.9 Å². The van der Waals surface area contributed by atoms with Gasteiger partial charge in [-0.1, -0.05) is 13.3 Å². The lowest BCUT2D eigenvalue weighted by Gasteiger charge is -2.19. The number of hydrogen-bond donors (Lipinski definition) is 2. The molecule has 0 saturated carbocycles. The van der Waals surface area contributed by atoms with E-state index in [9.17, 15) is 9.59 Å². The van der Waals surface area contributed by atoms with Crippen molar-refractivity contribution in [3.8, 4) is 0 Å². The Morgan fingerprint density at radius 1 is 1.65 bits per heavy atom. The minimum absolute atomic E-state index is 0.318. The first-order valence-electron chi connectivity index (χ1n) is 5.44. The lowest BCUT2D eigenvalue weighted by atomic mass is 9.96. The molecule has 1 rings (SSSR count). The third-order valence-electron chi connectivity index (χ3n) is 2.78. The Hall–Kier alpha value is -1.17. The van der Waals surface area contributed by atoms with Gasteiger partial charge in [0.1, 0.15) is 0 Å². The van der Waals surface area contributed by atoms with Gasteiger partial charge in [-0.3, -0.25) is 4.79 Å². The van der Waals surface area contributed by atoms with E-state index >= 15 is 0 Å². The summed E-state index contributed by atoms with van der Waals surface area (Å²) in [7, 11) is 1.29. The van der Waals surface area contributed by atoms with Gasteiger partial charge in [0.05, 0.1) is 23.9 Å². The van der Waals surface area contributed by atoms with Crippen LogP contribution in [0.1, 0.15) is 19.8 Å². The van der Waals surface area contributed by atoms with E-state index in [4.69, 9.17) is 10.8 Å². The number of hydrogen-bond acceptors (Lipinski definition) is 5. The molecule has 1 aliphatic heterocycles. The van der Waals surface area contributed by atoms with Crippen LogP contribution in [-0.2, 0) is 14.3 Å². The molecular formula is C11H17NO4S. The van der Waals surface area contributed by atoms with E-state index in [1.54, 1.807) is 0 Å². The van der Waals surface area contributed by atoms with Crippen molar-refractivity contribution in [2.24, 2.45) is 11.7 Å². The number of esters is 1. The van der Waals surface area contributed by atoms with Crippen LogP contribution < -0.4 is 5.73 Å². The number of carbonyl (C=O) groups excluding carboxylic acids is 1. The van der Waals surface area contributed by atoms with Crippen molar-refractivity contribution in [2.45, 2.75) is 25.0 Å². The summed E-state index contributed by atoms with van der Waals surface area (Å²) in [5.74, 6) is -1.43. The molecule has 0 spiro atoms. The number of aliphatic carboxylic acids is 1. The number of rotatable bonds is 5. The topological polar surface area (TPSA) is 89.6 Å². The average molecular weight is 259 g/mol. The molecular weight excluding hydrogens is 242 g/mol. The second-order valence-corrected chi connectivity index (χ2v) is 5.02. The molecule has 96 valence electrons. The van der Waals surface area contributed by atoms with Gasteiger partial charge in [0.25, 0.3) is 0 Å². The molecule has 0 aromatic carbocycles. The Balaban J connectivity index is 2.90. The molecule has 1 heterocycles. The summed E-state index contributed by atoms with van der Waals surface area (Å²) in [4.78, 5) is 22.6. The van der Waals surface area contributed by atoms with Gasteiger partial charge in [-0.2, -0.15) is 0 Å². The normalized spacial score (nSPS) is 21.4. The maximum absolute atomic E-state index is 11.4. The average Bonchev–Trinajstić information content (AvgIpc) is 2.66. The molecule has 5 nitrogen and oxygen atoms in total. The molecule has 0 radical (unpaired) electrons. The van der Waals surface area contributed by atoms with Gasteiger partial charge in [0.15, 0.2) is 0 Å². The molecule has 6 heteroatoms. The van der Waals surface area contributed by atoms with Crippen molar-refractivity contribution in [3.63, 3.8) is 0 Å². The van der Waals surface area contributed by atoms with Crippen molar-refractivity contribution >= 4 is 23.7 Å². The van der Waals surface area contributed by atoms with Gasteiger partial charge in [0.2, 0.25) is 0 Å². The molecule has 0 amide bonds. The van der Waals surface area contributed by atoms with Gasteiger partial charge < -0.3 is 15.6 Å². The highest BCUT2D eigenvalue weighted by Gasteiger charge is 2.37. The number of thioether (sulfide) groups is 1. The van der Waals surface area contributed by atoms with Crippen LogP contribution in [0.5, 0.6) is 0 Å². The molecule has 17 heavy (non-hydrogen) atoms. The standard InChI is InChI=1S/C11H17NO4S/c1-3-4-6(10(13)14)9-8(12)7(5-17-9)11(15)16-2/h6,9H,3-5,12H2,1-2H3,(H,13,14). The highest BCUT2D eigenvalue weighted by atomic mass is 32.2. The van der Waals surface area contributed by atoms with Crippen LogP contribution in [0, 0.1) is 5.92 Å². The van der Waals surface area contributed by atoms with Crippen molar-refractivity contribution < 1.29 is 19.4 Å². The number of carboxylic acids is 1. The van der Waals surface area contributed by atoms with E-state index in [-0.39, 0.29) is 5.25 Å². The van der Waals surface area contributed by atoms with Crippen LogP contribution >= 0.6 is 11.8 Å². The Morgan fingerprint density at radius 2 is 2.29 bits per heavy atom. The second kappa shape index (κ2) is 5.95. The van der Waals surface area contributed by atoms with Gasteiger partial charge in [-0.25, -0.2) is 4.79 Å². The summed E-state index contributed by atoms with van der Waals surface area (Å²) in [6.45, 7) is 1.93. The van der Waals surface area contributed by atoms with Crippen LogP contribution in [0.15, 0.2) is 11.3 Å². The minimum Gasteiger partial charge on any atom is -0.481 e. The van der Waals surface area contributed by atoms with Gasteiger partial charge in [-0.15, -0.1) is 11.8 Å². The zero-order valence-corrected chi connectivity index (χ0v) is 10.8. The summed E-state index contributed by atoms with van der Waals surface area (Å²) in [5, 5.41) is 8.84. The van der Waals surface area contributed by atoms with Gasteiger partial charge in [-0.05, 0) is 6.42 Å². The Morgan fingerprint density at radius 3 is 2.76 bits per heavy atom. The highest BCUT2D eigenvalue weighted by molar-refractivity contribution is 8.00. The zero-order chi connectivity index (χ0) is 13.0. The SMILES string of the molecule is CCCC(C(=O)O)C1SCC(C(=O)OC)=C1N. The fourth-order valence-electron chi connectivity index (χ4n) is 1.87. The van der Waals surface area contributed by atoms with E-state index < -0.39 is 17.9 Å². The Labute approximate surface area is 104 Å². The molecule has 0 aliphatic carbocycles. The lowest BCUT2D eigenvalue weighted by molar-refractivity contribution is -0.142. The van der Waals surface area contributed by atoms with Gasteiger partial charge in [0, 0.05) is 11.4 Å². The van der Waals surface area contributed by atoms with E-state index in [1.165, 1.54) is 18.9 Å². The third kappa shape index (κ3) is 2.94. The number of carbonyl (C=O) groups is 2. The Bertz CT molecular complexity index is 353. The van der Waals surface area contributed by atoms with Crippen LogP contribution in [0.25, 0.3) is 0 Å². The van der Waals surface area contributed by atoms with E-state index in [2.05, 4.69) is 4.74 Å². The lowest BCUT2D eigenvalue weighted by Crippen LogP contribution is -2.29. The number of methoxy groups -OCH3 is 1. The first-order valence-corrected chi connectivity index (χ1v) is 6.49. The molecule has 0 saturated heterocycles. The minimum atomic E-state index is -0.863. The van der Waals surface area contributed by atoms with Crippen molar-refractivity contribution in [1.82, 2.24) is 0 Å². The third-order valence-corrected chi connectivity index (χ3v) is 4.17.